The second-order valence-corrected chi connectivity index (χ2v) is 2.40. The van der Waals surface area contributed by atoms with Crippen LogP contribution in [0.5, 0.6) is 0 Å². The van der Waals surface area contributed by atoms with Gasteiger partial charge in [-0.3, -0.25) is 9.59 Å². The van der Waals surface area contributed by atoms with Crippen LogP contribution in [-0.4, -0.2) is 25.4 Å². The molecule has 4 heteroatoms. The molecule has 0 unspecified atom stereocenters. The van der Waals surface area contributed by atoms with Crippen LogP contribution in [0.2, 0.25) is 0 Å². The minimum atomic E-state index is -0.192. The monoisotopic (exact) mass is 182 g/mol. The highest BCUT2D eigenvalue weighted by atomic mass is 16.1. The maximum atomic E-state index is 10.9. The van der Waals surface area contributed by atoms with Crippen molar-refractivity contribution in [2.24, 2.45) is 0 Å². The molecule has 0 radical (unpaired) electrons. The smallest absolute Gasteiger partial charge is 0.244 e. The summed E-state index contributed by atoms with van der Waals surface area (Å²) < 4.78 is 0. The van der Waals surface area contributed by atoms with Gasteiger partial charge in [-0.15, -0.1) is 0 Å². The molecule has 0 fully saturated rings. The van der Waals surface area contributed by atoms with Gasteiger partial charge in [0.15, 0.2) is 5.78 Å². The zero-order chi connectivity index (χ0) is 10.1. The fourth-order valence-electron chi connectivity index (χ4n) is 0.568. The van der Waals surface area contributed by atoms with Crippen LogP contribution in [0.15, 0.2) is 24.3 Å². The molecule has 0 spiro atoms. The fraction of sp³-hybridized carbons (Fsp3) is 0.333. The van der Waals surface area contributed by atoms with Crippen molar-refractivity contribution in [1.82, 2.24) is 10.6 Å². The molecule has 72 valence electrons. The van der Waals surface area contributed by atoms with Crippen LogP contribution in [-0.2, 0) is 9.59 Å². The summed E-state index contributed by atoms with van der Waals surface area (Å²) in [6.45, 7) is 1.88. The first kappa shape index (κ1) is 11.6. The molecule has 0 aliphatic heterocycles. The minimum absolute atomic E-state index is 0.0414. The molecule has 0 bridgehead atoms. The summed E-state index contributed by atoms with van der Waals surface area (Å²) in [4.78, 5) is 21.3. The fourth-order valence-corrected chi connectivity index (χ4v) is 0.568. The molecule has 13 heavy (non-hydrogen) atoms. The third kappa shape index (κ3) is 8.49. The van der Waals surface area contributed by atoms with Crippen LogP contribution < -0.4 is 10.6 Å². The summed E-state index contributed by atoms with van der Waals surface area (Å²) in [6.07, 6.45) is 5.80. The van der Waals surface area contributed by atoms with E-state index in [2.05, 4.69) is 10.6 Å². The predicted octanol–water partition coefficient (Wildman–Crippen LogP) is -0.0191. The van der Waals surface area contributed by atoms with E-state index in [4.69, 9.17) is 0 Å². The van der Waals surface area contributed by atoms with Crippen LogP contribution in [0.3, 0.4) is 0 Å². The SMILES string of the molecule is CNCNC(=O)/C=C/C=C/C(C)=O. The maximum Gasteiger partial charge on any atom is 0.244 e. The molecule has 0 atom stereocenters. The summed E-state index contributed by atoms with van der Waals surface area (Å²) in [7, 11) is 1.74. The lowest BCUT2D eigenvalue weighted by atomic mass is 10.3. The van der Waals surface area contributed by atoms with E-state index in [1.54, 1.807) is 7.05 Å². The van der Waals surface area contributed by atoms with Crippen molar-refractivity contribution >= 4 is 11.7 Å². The first-order valence-electron chi connectivity index (χ1n) is 3.94. The van der Waals surface area contributed by atoms with Crippen molar-refractivity contribution in [3.63, 3.8) is 0 Å². The number of carbonyl (C=O) groups excluding carboxylic acids is 2. The summed E-state index contributed by atoms with van der Waals surface area (Å²) >= 11 is 0. The normalized spacial score (nSPS) is 10.9. The van der Waals surface area contributed by atoms with Gasteiger partial charge in [0.05, 0.1) is 6.67 Å². The molecule has 0 saturated heterocycles. The lowest BCUT2D eigenvalue weighted by Gasteiger charge is -1.97. The molecule has 0 aliphatic rings. The van der Waals surface area contributed by atoms with Crippen molar-refractivity contribution in [3.8, 4) is 0 Å². The number of carbonyl (C=O) groups is 2. The Balaban J connectivity index is 3.71. The lowest BCUT2D eigenvalue weighted by molar-refractivity contribution is -0.116. The summed E-state index contributed by atoms with van der Waals surface area (Å²) in [5, 5.41) is 5.33. The predicted molar refractivity (Wildman–Crippen MR) is 51.0 cm³/mol. The van der Waals surface area contributed by atoms with Crippen molar-refractivity contribution in [2.75, 3.05) is 13.7 Å². The van der Waals surface area contributed by atoms with Crippen molar-refractivity contribution in [2.45, 2.75) is 6.92 Å². The molecule has 0 aromatic rings. The van der Waals surface area contributed by atoms with E-state index in [1.165, 1.54) is 31.2 Å². The molecule has 0 aromatic carbocycles. The Kier molecular flexibility index (Phi) is 6.45. The van der Waals surface area contributed by atoms with Crippen LogP contribution >= 0.6 is 0 Å². The van der Waals surface area contributed by atoms with Gasteiger partial charge >= 0.3 is 0 Å². The van der Waals surface area contributed by atoms with Gasteiger partial charge in [-0.1, -0.05) is 12.2 Å². The maximum absolute atomic E-state index is 10.9. The van der Waals surface area contributed by atoms with E-state index in [-0.39, 0.29) is 11.7 Å². The molecule has 0 rings (SSSR count). The zero-order valence-corrected chi connectivity index (χ0v) is 7.83. The van der Waals surface area contributed by atoms with Crippen LogP contribution in [0, 0.1) is 0 Å². The molecule has 2 N–H and O–H groups in total. The molecule has 0 aliphatic carbocycles. The highest BCUT2D eigenvalue weighted by Crippen LogP contribution is 1.79. The van der Waals surface area contributed by atoms with E-state index < -0.39 is 0 Å². The number of rotatable bonds is 5. The lowest BCUT2D eigenvalue weighted by Crippen LogP contribution is -2.30. The van der Waals surface area contributed by atoms with Crippen LogP contribution in [0.4, 0.5) is 0 Å². The first-order valence-corrected chi connectivity index (χ1v) is 3.94. The third-order valence-electron chi connectivity index (χ3n) is 1.13. The van der Waals surface area contributed by atoms with Gasteiger partial charge in [-0.2, -0.15) is 0 Å². The Labute approximate surface area is 77.7 Å². The third-order valence-corrected chi connectivity index (χ3v) is 1.13. The average molecular weight is 182 g/mol. The van der Waals surface area contributed by atoms with Crippen LogP contribution in [0.25, 0.3) is 0 Å². The van der Waals surface area contributed by atoms with E-state index in [1.807, 2.05) is 0 Å². The number of ketones is 1. The molecule has 0 aromatic heterocycles. The summed E-state index contributed by atoms with van der Waals surface area (Å²) in [6, 6.07) is 0. The second kappa shape index (κ2) is 7.24. The molecular weight excluding hydrogens is 168 g/mol. The van der Waals surface area contributed by atoms with Crippen LogP contribution in [0.1, 0.15) is 6.92 Å². The number of hydrogen-bond acceptors (Lipinski definition) is 3. The minimum Gasteiger partial charge on any atom is -0.340 e. The summed E-state index contributed by atoms with van der Waals surface area (Å²) in [5.41, 5.74) is 0. The van der Waals surface area contributed by atoms with Gasteiger partial charge in [0.2, 0.25) is 5.91 Å². The van der Waals surface area contributed by atoms with E-state index in [0.717, 1.165) is 0 Å². The number of amides is 1. The topological polar surface area (TPSA) is 58.2 Å². The number of nitrogens with one attached hydrogen (secondary N) is 2. The summed E-state index contributed by atoms with van der Waals surface area (Å²) in [5.74, 6) is -0.233. The van der Waals surface area contributed by atoms with Gasteiger partial charge in [0.25, 0.3) is 0 Å². The Morgan fingerprint density at radius 2 is 1.85 bits per heavy atom. The Morgan fingerprint density at radius 3 is 2.38 bits per heavy atom. The Bertz CT molecular complexity index is 232. The van der Waals surface area contributed by atoms with Gasteiger partial charge in [-0.25, -0.2) is 0 Å². The molecule has 0 heterocycles. The number of allylic oxidation sites excluding steroid dienone is 3. The van der Waals surface area contributed by atoms with Gasteiger partial charge < -0.3 is 10.6 Å². The highest BCUT2D eigenvalue weighted by molar-refractivity contribution is 5.89. The van der Waals surface area contributed by atoms with Gasteiger partial charge in [0.1, 0.15) is 0 Å². The standard InChI is InChI=1S/C9H14N2O2/c1-8(12)5-3-4-6-9(13)11-7-10-2/h3-6,10H,7H2,1-2H3,(H,11,13)/b5-3+,6-4+. The van der Waals surface area contributed by atoms with E-state index >= 15 is 0 Å². The average Bonchev–Trinajstić information content (AvgIpc) is 2.08. The quantitative estimate of drug-likeness (QED) is 0.357. The highest BCUT2D eigenvalue weighted by Gasteiger charge is 1.89. The second-order valence-electron chi connectivity index (χ2n) is 2.40. The number of hydrogen-bond donors (Lipinski definition) is 2. The Morgan fingerprint density at radius 1 is 1.23 bits per heavy atom. The van der Waals surface area contributed by atoms with E-state index in [9.17, 15) is 9.59 Å². The van der Waals surface area contributed by atoms with E-state index in [0.29, 0.717) is 6.67 Å². The van der Waals surface area contributed by atoms with Crippen molar-refractivity contribution in [1.29, 1.82) is 0 Å². The molecule has 4 nitrogen and oxygen atoms in total. The van der Waals surface area contributed by atoms with Gasteiger partial charge in [0, 0.05) is 6.08 Å². The molecule has 0 saturated carbocycles. The first-order chi connectivity index (χ1) is 6.16. The zero-order valence-electron chi connectivity index (χ0n) is 7.83. The Hall–Kier alpha value is -1.42. The molecular formula is C9H14N2O2. The largest absolute Gasteiger partial charge is 0.340 e. The van der Waals surface area contributed by atoms with Gasteiger partial charge in [-0.05, 0) is 20.0 Å². The molecule has 1 amide bonds. The van der Waals surface area contributed by atoms with Crippen molar-refractivity contribution in [3.05, 3.63) is 24.3 Å². The van der Waals surface area contributed by atoms with Crippen molar-refractivity contribution < 1.29 is 9.59 Å².